The Morgan fingerprint density at radius 2 is 0.956 bits per heavy atom. The first-order valence-electron chi connectivity index (χ1n) is 18.9. The highest BCUT2D eigenvalue weighted by Crippen LogP contribution is 2.50. The Morgan fingerprint density at radius 1 is 0.378 bits per heavy atom. The first-order chi connectivity index (χ1) is 25.7. The standard InChI is InChI=1S/C44H26O/c1-3-15-30-27(12-1)24-25-28-14-11-22-37(40(28)30)41-32-17-5-7-19-34(32)42(35-20-8-6-18-33(35)41)44-31-16-4-2-13-29(31)26-39-43(44)36-21-9-10-23-38(36)45-39/h1-26H/i5D,6D,7D,8D,17D,18D,19D,20D. The molecule has 1 heteroatoms. The molecule has 1 nitrogen and oxygen atoms in total. The van der Waals surface area contributed by atoms with Crippen LogP contribution in [-0.4, -0.2) is 0 Å². The molecule has 0 aliphatic rings. The van der Waals surface area contributed by atoms with E-state index in [1.807, 2.05) is 109 Å². The highest BCUT2D eigenvalue weighted by Gasteiger charge is 2.23. The lowest BCUT2D eigenvalue weighted by Gasteiger charge is -2.20. The fourth-order valence-electron chi connectivity index (χ4n) is 7.22. The first kappa shape index (κ1) is 18.0. The Bertz CT molecular complexity index is 3190. The SMILES string of the molecule is [2H]c1c([2H])c([2H])c2c(-c3c4ccccc4cc4oc5ccccc5c34)c3c([2H])c([2H])c([2H])c([2H])c3c(-c3cccc4ccc5ccccc5c34)c2c1[2H]. The predicted molar refractivity (Wildman–Crippen MR) is 192 cm³/mol. The van der Waals surface area contributed by atoms with Crippen LogP contribution >= 0.6 is 0 Å². The lowest BCUT2D eigenvalue weighted by atomic mass is 9.82. The van der Waals surface area contributed by atoms with Crippen LogP contribution in [0.5, 0.6) is 0 Å². The molecule has 45 heavy (non-hydrogen) atoms. The van der Waals surface area contributed by atoms with Gasteiger partial charge in [0.15, 0.2) is 0 Å². The average molecular weight is 579 g/mol. The molecule has 0 fully saturated rings. The number of fused-ring (bicyclic) bond motifs is 9. The van der Waals surface area contributed by atoms with Crippen LogP contribution < -0.4 is 0 Å². The topological polar surface area (TPSA) is 13.1 Å². The molecule has 208 valence electrons. The molecule has 0 aliphatic heterocycles. The maximum atomic E-state index is 9.60. The number of benzene rings is 9. The van der Waals surface area contributed by atoms with Gasteiger partial charge in [-0.25, -0.2) is 0 Å². The molecular formula is C44H26O. The second kappa shape index (κ2) is 9.29. The molecule has 0 saturated heterocycles. The number of rotatable bonds is 2. The molecule has 0 saturated carbocycles. The minimum absolute atomic E-state index is 0.170. The summed E-state index contributed by atoms with van der Waals surface area (Å²) in [6, 6.07) is 31.9. The number of furan rings is 1. The van der Waals surface area contributed by atoms with E-state index >= 15 is 0 Å². The summed E-state index contributed by atoms with van der Waals surface area (Å²) >= 11 is 0. The highest BCUT2D eigenvalue weighted by molar-refractivity contribution is 6.31. The van der Waals surface area contributed by atoms with Gasteiger partial charge in [-0.15, -0.1) is 0 Å². The van der Waals surface area contributed by atoms with Gasteiger partial charge < -0.3 is 4.42 Å². The Balaban J connectivity index is 1.59. The van der Waals surface area contributed by atoms with E-state index in [0.717, 1.165) is 37.7 Å². The van der Waals surface area contributed by atoms with Crippen LogP contribution in [0, 0.1) is 0 Å². The summed E-state index contributed by atoms with van der Waals surface area (Å²) < 4.78 is 80.6. The minimum Gasteiger partial charge on any atom is -0.456 e. The zero-order valence-electron chi connectivity index (χ0n) is 31.8. The third kappa shape index (κ3) is 3.44. The Kier molecular flexibility index (Phi) is 3.72. The van der Waals surface area contributed by atoms with E-state index in [9.17, 15) is 5.48 Å². The van der Waals surface area contributed by atoms with E-state index in [4.69, 9.17) is 9.90 Å². The predicted octanol–water partition coefficient (Wildman–Crippen LogP) is 12.7. The summed E-state index contributed by atoms with van der Waals surface area (Å²) in [6.45, 7) is 0. The van der Waals surface area contributed by atoms with Crippen molar-refractivity contribution >= 4 is 75.8 Å². The maximum Gasteiger partial charge on any atom is 0.136 e. The molecule has 10 rings (SSSR count). The van der Waals surface area contributed by atoms with Crippen LogP contribution in [0.25, 0.3) is 98.1 Å². The van der Waals surface area contributed by atoms with Gasteiger partial charge in [-0.2, -0.15) is 0 Å². The lowest BCUT2D eigenvalue weighted by Crippen LogP contribution is -1.93. The lowest BCUT2D eigenvalue weighted by molar-refractivity contribution is 0.669. The van der Waals surface area contributed by atoms with Gasteiger partial charge in [-0.05, 0) is 82.7 Å². The molecule has 0 unspecified atom stereocenters. The van der Waals surface area contributed by atoms with E-state index in [-0.39, 0.29) is 45.7 Å². The normalized spacial score (nSPS) is 14.5. The van der Waals surface area contributed by atoms with E-state index < -0.39 is 24.2 Å². The first-order valence-corrected chi connectivity index (χ1v) is 14.9. The Labute approximate surface area is 270 Å². The largest absolute Gasteiger partial charge is 0.456 e. The van der Waals surface area contributed by atoms with Crippen LogP contribution in [-0.2, 0) is 0 Å². The summed E-state index contributed by atoms with van der Waals surface area (Å²) in [5.41, 5.74) is 2.98. The number of hydrogen-bond donors (Lipinski definition) is 0. The summed E-state index contributed by atoms with van der Waals surface area (Å²) in [5, 5.41) is 7.28. The van der Waals surface area contributed by atoms with Crippen molar-refractivity contribution in [1.29, 1.82) is 0 Å². The van der Waals surface area contributed by atoms with Crippen LogP contribution in [0.15, 0.2) is 162 Å². The van der Waals surface area contributed by atoms with Gasteiger partial charge in [-0.3, -0.25) is 0 Å². The van der Waals surface area contributed by atoms with Crippen LogP contribution in [0.2, 0.25) is 0 Å². The summed E-state index contributed by atoms with van der Waals surface area (Å²) in [6.07, 6.45) is 0. The quantitative estimate of drug-likeness (QED) is 0.147. The van der Waals surface area contributed by atoms with Crippen molar-refractivity contribution in [2.75, 3.05) is 0 Å². The van der Waals surface area contributed by atoms with Crippen molar-refractivity contribution in [3.8, 4) is 22.3 Å². The van der Waals surface area contributed by atoms with Gasteiger partial charge in [0.1, 0.15) is 11.2 Å². The van der Waals surface area contributed by atoms with Gasteiger partial charge in [0.2, 0.25) is 0 Å². The molecule has 0 amide bonds. The van der Waals surface area contributed by atoms with Gasteiger partial charge in [0.25, 0.3) is 0 Å². The second-order valence-electron chi connectivity index (χ2n) is 11.4. The summed E-state index contributed by atoms with van der Waals surface area (Å²) in [4.78, 5) is 0. The second-order valence-corrected chi connectivity index (χ2v) is 11.4. The van der Waals surface area contributed by atoms with Gasteiger partial charge in [0.05, 0.1) is 11.0 Å². The molecular weight excluding hydrogens is 544 g/mol. The molecule has 0 N–H and O–H groups in total. The van der Waals surface area contributed by atoms with Crippen LogP contribution in [0.4, 0.5) is 0 Å². The summed E-state index contributed by atoms with van der Waals surface area (Å²) in [5.74, 6) is 0. The highest BCUT2D eigenvalue weighted by atomic mass is 16.3. The van der Waals surface area contributed by atoms with Crippen molar-refractivity contribution in [1.82, 2.24) is 0 Å². The third-order valence-electron chi connectivity index (χ3n) is 9.05. The molecule has 10 aromatic rings. The van der Waals surface area contributed by atoms with Crippen molar-refractivity contribution in [2.24, 2.45) is 0 Å². The molecule has 9 aromatic carbocycles. The van der Waals surface area contributed by atoms with Gasteiger partial charge in [-0.1, -0.05) is 145 Å². The van der Waals surface area contributed by atoms with Gasteiger partial charge >= 0.3 is 0 Å². The van der Waals surface area contributed by atoms with Crippen molar-refractivity contribution in [2.45, 2.75) is 0 Å². The number of para-hydroxylation sites is 1. The molecule has 0 aliphatic carbocycles. The molecule has 0 spiro atoms. The third-order valence-corrected chi connectivity index (χ3v) is 9.05. The maximum absolute atomic E-state index is 9.60. The molecule has 1 aromatic heterocycles. The Hall–Kier alpha value is -5.92. The Morgan fingerprint density at radius 3 is 1.71 bits per heavy atom. The van der Waals surface area contributed by atoms with Crippen LogP contribution in [0.3, 0.4) is 0 Å². The molecule has 0 bridgehead atoms. The minimum atomic E-state index is -0.438. The molecule has 0 radical (unpaired) electrons. The molecule has 0 atom stereocenters. The van der Waals surface area contributed by atoms with Crippen molar-refractivity contribution < 1.29 is 15.4 Å². The zero-order chi connectivity index (χ0) is 36.4. The van der Waals surface area contributed by atoms with E-state index in [2.05, 4.69) is 0 Å². The number of hydrogen-bond acceptors (Lipinski definition) is 1. The van der Waals surface area contributed by atoms with E-state index in [1.54, 1.807) is 0 Å². The summed E-state index contributed by atoms with van der Waals surface area (Å²) in [7, 11) is 0. The zero-order valence-corrected chi connectivity index (χ0v) is 23.8. The monoisotopic (exact) mass is 578 g/mol. The smallest absolute Gasteiger partial charge is 0.136 e. The van der Waals surface area contributed by atoms with Crippen molar-refractivity contribution in [3.63, 3.8) is 0 Å². The van der Waals surface area contributed by atoms with Gasteiger partial charge in [0, 0.05) is 16.3 Å². The molecule has 1 heterocycles. The van der Waals surface area contributed by atoms with E-state index in [0.29, 0.717) is 38.8 Å². The fraction of sp³-hybridized carbons (Fsp3) is 0. The average Bonchev–Trinajstić information content (AvgIpc) is 3.56. The fourth-order valence-corrected chi connectivity index (χ4v) is 7.22. The van der Waals surface area contributed by atoms with Crippen molar-refractivity contribution in [3.05, 3.63) is 158 Å². The van der Waals surface area contributed by atoms with Crippen LogP contribution in [0.1, 0.15) is 11.0 Å². The van der Waals surface area contributed by atoms with E-state index in [1.165, 1.54) is 0 Å².